The lowest BCUT2D eigenvalue weighted by Crippen LogP contribution is -2.28. The zero-order chi connectivity index (χ0) is 16.1. The number of nitrogens with zero attached hydrogens (tertiary/aromatic N) is 3. The van der Waals surface area contributed by atoms with Gasteiger partial charge < -0.3 is 0 Å². The van der Waals surface area contributed by atoms with E-state index < -0.39 is 10.0 Å². The number of hydrogen-bond acceptors (Lipinski definition) is 5. The van der Waals surface area contributed by atoms with Gasteiger partial charge in [0.05, 0.1) is 11.4 Å². The van der Waals surface area contributed by atoms with Crippen molar-refractivity contribution in [2.45, 2.75) is 19.3 Å². The number of hydrogen-bond donors (Lipinski definition) is 1. The molecule has 0 bridgehead atoms. The fraction of sp³-hybridized carbons (Fsp3) is 0.333. The molecule has 1 aromatic carbocycles. The highest BCUT2D eigenvalue weighted by atomic mass is 32.2. The Labute approximate surface area is 139 Å². The minimum atomic E-state index is -3.24. The fourth-order valence-electron chi connectivity index (χ4n) is 2.36. The van der Waals surface area contributed by atoms with Crippen molar-refractivity contribution in [1.29, 1.82) is 0 Å². The third-order valence-electron chi connectivity index (χ3n) is 3.51. The highest BCUT2D eigenvalue weighted by Crippen LogP contribution is 2.12. The molecule has 0 atom stereocenters. The van der Waals surface area contributed by atoms with Gasteiger partial charge in [-0.05, 0) is 18.4 Å². The Hall–Kier alpha value is -1.77. The number of rotatable bonds is 8. The van der Waals surface area contributed by atoms with Crippen molar-refractivity contribution in [2.75, 3.05) is 12.3 Å². The summed E-state index contributed by atoms with van der Waals surface area (Å²) in [5.74, 6) is 0.143. The summed E-state index contributed by atoms with van der Waals surface area (Å²) < 4.78 is 28.4. The monoisotopic (exact) mass is 350 g/mol. The Morgan fingerprint density at radius 2 is 2.00 bits per heavy atom. The first-order valence-electron chi connectivity index (χ1n) is 7.41. The molecular weight excluding hydrogens is 332 g/mol. The minimum absolute atomic E-state index is 0.143. The number of thiazole rings is 1. The predicted octanol–water partition coefficient (Wildman–Crippen LogP) is 1.89. The molecule has 0 aliphatic heterocycles. The van der Waals surface area contributed by atoms with Crippen LogP contribution in [0, 0.1) is 0 Å². The first-order valence-corrected chi connectivity index (χ1v) is 9.95. The Balaban J connectivity index is 1.44. The maximum Gasteiger partial charge on any atom is 0.212 e. The average Bonchev–Trinajstić information content (AvgIpc) is 3.13. The van der Waals surface area contributed by atoms with Crippen LogP contribution in [0.4, 0.5) is 0 Å². The number of nitrogens with one attached hydrogen (secondary N) is 1. The second kappa shape index (κ2) is 7.20. The zero-order valence-electron chi connectivity index (χ0n) is 12.6. The molecule has 0 radical (unpaired) electrons. The van der Waals surface area contributed by atoms with Crippen molar-refractivity contribution < 1.29 is 8.42 Å². The molecule has 0 unspecified atom stereocenters. The zero-order valence-corrected chi connectivity index (χ0v) is 14.2. The molecule has 0 saturated carbocycles. The van der Waals surface area contributed by atoms with Crippen molar-refractivity contribution in [1.82, 2.24) is 19.3 Å². The van der Waals surface area contributed by atoms with Crippen molar-refractivity contribution >= 4 is 26.3 Å². The SMILES string of the molecule is O=S(=O)(CCCc1ccccc1)NCCc1csc2ncnn12. The minimum Gasteiger partial charge on any atom is -0.215 e. The van der Waals surface area contributed by atoms with Gasteiger partial charge in [-0.1, -0.05) is 30.3 Å². The van der Waals surface area contributed by atoms with Crippen LogP contribution in [-0.4, -0.2) is 35.3 Å². The number of benzene rings is 1. The lowest BCUT2D eigenvalue weighted by Gasteiger charge is -2.06. The third kappa shape index (κ3) is 4.37. The van der Waals surface area contributed by atoms with E-state index in [9.17, 15) is 8.42 Å². The number of aromatic nitrogens is 3. The molecular formula is C15H18N4O2S2. The van der Waals surface area contributed by atoms with E-state index in [1.807, 2.05) is 35.7 Å². The van der Waals surface area contributed by atoms with Crippen molar-refractivity contribution in [3.05, 3.63) is 53.3 Å². The molecule has 2 heterocycles. The van der Waals surface area contributed by atoms with Gasteiger partial charge in [0.25, 0.3) is 0 Å². The molecule has 6 nitrogen and oxygen atoms in total. The molecule has 3 aromatic rings. The van der Waals surface area contributed by atoms with Gasteiger partial charge >= 0.3 is 0 Å². The second-order valence-corrected chi connectivity index (χ2v) is 8.00. The van der Waals surface area contributed by atoms with E-state index in [0.29, 0.717) is 19.4 Å². The van der Waals surface area contributed by atoms with Crippen LogP contribution in [0.5, 0.6) is 0 Å². The van der Waals surface area contributed by atoms with Gasteiger partial charge in [-0.2, -0.15) is 5.10 Å². The van der Waals surface area contributed by atoms with Crippen LogP contribution in [0.2, 0.25) is 0 Å². The lowest BCUT2D eigenvalue weighted by atomic mass is 10.1. The van der Waals surface area contributed by atoms with Crippen LogP contribution in [0.25, 0.3) is 4.96 Å². The van der Waals surface area contributed by atoms with Crippen molar-refractivity contribution in [3.8, 4) is 0 Å². The van der Waals surface area contributed by atoms with Gasteiger partial charge in [0, 0.05) is 18.3 Å². The maximum atomic E-state index is 12.0. The predicted molar refractivity (Wildman–Crippen MR) is 91.1 cm³/mol. The Morgan fingerprint density at radius 1 is 1.17 bits per heavy atom. The molecule has 23 heavy (non-hydrogen) atoms. The third-order valence-corrected chi connectivity index (χ3v) is 5.86. The molecule has 0 amide bonds. The molecule has 2 aromatic heterocycles. The van der Waals surface area contributed by atoms with Crippen LogP contribution < -0.4 is 4.72 Å². The summed E-state index contributed by atoms with van der Waals surface area (Å²) in [7, 11) is -3.24. The van der Waals surface area contributed by atoms with Crippen LogP contribution in [0.15, 0.2) is 42.0 Å². The largest absolute Gasteiger partial charge is 0.215 e. The average molecular weight is 350 g/mol. The summed E-state index contributed by atoms with van der Waals surface area (Å²) in [6.45, 7) is 0.374. The molecule has 0 fully saturated rings. The standard InChI is InChI=1S/C15H18N4O2S2/c20-23(21,10-4-7-13-5-2-1-3-6-13)18-9-8-14-11-22-15-16-12-17-19(14)15/h1-3,5-6,11-12,18H,4,7-10H2. The highest BCUT2D eigenvalue weighted by Gasteiger charge is 2.11. The van der Waals surface area contributed by atoms with E-state index in [-0.39, 0.29) is 5.75 Å². The van der Waals surface area contributed by atoms with E-state index in [4.69, 9.17) is 0 Å². The first kappa shape index (κ1) is 16.1. The van der Waals surface area contributed by atoms with Gasteiger partial charge in [-0.25, -0.2) is 22.6 Å². The maximum absolute atomic E-state index is 12.0. The van der Waals surface area contributed by atoms with Crippen LogP contribution in [0.3, 0.4) is 0 Å². The summed E-state index contributed by atoms with van der Waals surface area (Å²) in [6, 6.07) is 9.92. The summed E-state index contributed by atoms with van der Waals surface area (Å²) in [6.07, 6.45) is 3.49. The summed E-state index contributed by atoms with van der Waals surface area (Å²) in [5.41, 5.74) is 2.13. The van der Waals surface area contributed by atoms with E-state index in [1.165, 1.54) is 17.7 Å². The van der Waals surface area contributed by atoms with Crippen LogP contribution in [0.1, 0.15) is 17.7 Å². The summed E-state index contributed by atoms with van der Waals surface area (Å²) >= 11 is 1.50. The molecule has 122 valence electrons. The van der Waals surface area contributed by atoms with Gasteiger partial charge in [0.2, 0.25) is 15.0 Å². The van der Waals surface area contributed by atoms with E-state index in [1.54, 1.807) is 4.52 Å². The Morgan fingerprint density at radius 3 is 2.83 bits per heavy atom. The number of sulfonamides is 1. The topological polar surface area (TPSA) is 76.4 Å². The molecule has 0 saturated heterocycles. The normalized spacial score (nSPS) is 12.0. The second-order valence-electron chi connectivity index (χ2n) is 5.23. The van der Waals surface area contributed by atoms with E-state index in [2.05, 4.69) is 14.8 Å². The number of aryl methyl sites for hydroxylation is 1. The van der Waals surface area contributed by atoms with Gasteiger partial charge in [-0.15, -0.1) is 11.3 Å². The smallest absolute Gasteiger partial charge is 0.212 e. The van der Waals surface area contributed by atoms with Crippen molar-refractivity contribution in [3.63, 3.8) is 0 Å². The van der Waals surface area contributed by atoms with Crippen LogP contribution in [-0.2, 0) is 22.9 Å². The molecule has 0 aliphatic carbocycles. The van der Waals surface area contributed by atoms with E-state index in [0.717, 1.165) is 22.6 Å². The molecule has 0 spiro atoms. The quantitative estimate of drug-likeness (QED) is 0.673. The molecule has 3 rings (SSSR count). The van der Waals surface area contributed by atoms with Crippen molar-refractivity contribution in [2.24, 2.45) is 0 Å². The Kier molecular flexibility index (Phi) is 5.04. The molecule has 1 N–H and O–H groups in total. The van der Waals surface area contributed by atoms with Crippen LogP contribution >= 0.6 is 11.3 Å². The fourth-order valence-corrected chi connectivity index (χ4v) is 4.27. The van der Waals surface area contributed by atoms with Gasteiger partial charge in [-0.3, -0.25) is 0 Å². The first-order chi connectivity index (χ1) is 11.1. The number of fused-ring (bicyclic) bond motifs is 1. The molecule has 8 heteroatoms. The summed E-state index contributed by atoms with van der Waals surface area (Å²) in [5, 5.41) is 6.07. The highest BCUT2D eigenvalue weighted by molar-refractivity contribution is 7.89. The Bertz CT molecular complexity index is 856. The lowest BCUT2D eigenvalue weighted by molar-refractivity contribution is 0.578. The molecule has 0 aliphatic rings. The summed E-state index contributed by atoms with van der Waals surface area (Å²) in [4.78, 5) is 4.92. The van der Waals surface area contributed by atoms with Gasteiger partial charge in [0.15, 0.2) is 0 Å². The van der Waals surface area contributed by atoms with Gasteiger partial charge in [0.1, 0.15) is 6.33 Å². The van der Waals surface area contributed by atoms with E-state index >= 15 is 0 Å².